The Hall–Kier alpha value is -2.07. The number of hydrazine groups is 1. The Morgan fingerprint density at radius 2 is 1.94 bits per heavy atom. The Labute approximate surface area is 99.6 Å². The first kappa shape index (κ1) is 11.4. The summed E-state index contributed by atoms with van der Waals surface area (Å²) in [4.78, 5) is 11.3. The van der Waals surface area contributed by atoms with Gasteiger partial charge in [0.2, 0.25) is 0 Å². The third kappa shape index (κ3) is 2.54. The lowest BCUT2D eigenvalue weighted by atomic mass is 10.1. The Balaban J connectivity index is 2.21. The van der Waals surface area contributed by atoms with Crippen LogP contribution in [0.5, 0.6) is 5.75 Å². The van der Waals surface area contributed by atoms with Crippen LogP contribution >= 0.6 is 0 Å². The van der Waals surface area contributed by atoms with Gasteiger partial charge in [0.1, 0.15) is 5.75 Å². The van der Waals surface area contributed by atoms with E-state index in [1.807, 2.05) is 42.5 Å². The van der Waals surface area contributed by atoms with Crippen molar-refractivity contribution in [1.82, 2.24) is 5.01 Å². The number of carbonyl (C=O) groups excluding carboxylic acids is 1. The van der Waals surface area contributed by atoms with Crippen molar-refractivity contribution < 1.29 is 9.53 Å². The van der Waals surface area contributed by atoms with E-state index in [2.05, 4.69) is 0 Å². The molecule has 0 aromatic heterocycles. The normalized spacial score (nSPS) is 10.2. The van der Waals surface area contributed by atoms with Crippen molar-refractivity contribution in [3.8, 4) is 5.75 Å². The minimum Gasteiger partial charge on any atom is -0.483 e. The van der Waals surface area contributed by atoms with E-state index in [-0.39, 0.29) is 12.5 Å². The summed E-state index contributed by atoms with van der Waals surface area (Å²) < 4.78 is 5.47. The number of hydrogen-bond donors (Lipinski definition) is 1. The monoisotopic (exact) mass is 230 g/mol. The maximum absolute atomic E-state index is 11.3. The van der Waals surface area contributed by atoms with Crippen LogP contribution in [-0.2, 0) is 4.79 Å². The van der Waals surface area contributed by atoms with Gasteiger partial charge in [-0.05, 0) is 11.5 Å². The van der Waals surface area contributed by atoms with Crippen molar-refractivity contribution in [2.45, 2.75) is 0 Å². The summed E-state index contributed by atoms with van der Waals surface area (Å²) in [6.45, 7) is -0.0546. The standard InChI is InChI=1S/C13H14N2O2/c1-15(14)13(16)9-17-12-8-4-6-10-5-2-3-7-11(10)12/h2-8H,9,14H2,1H3. The maximum atomic E-state index is 11.3. The summed E-state index contributed by atoms with van der Waals surface area (Å²) in [6.07, 6.45) is 0. The van der Waals surface area contributed by atoms with Crippen LogP contribution < -0.4 is 10.6 Å². The van der Waals surface area contributed by atoms with Crippen LogP contribution in [0.15, 0.2) is 42.5 Å². The summed E-state index contributed by atoms with van der Waals surface area (Å²) in [6, 6.07) is 13.6. The zero-order valence-corrected chi connectivity index (χ0v) is 9.59. The molecule has 0 spiro atoms. The molecule has 0 fully saturated rings. The molecule has 2 N–H and O–H groups in total. The van der Waals surface area contributed by atoms with Gasteiger partial charge in [-0.2, -0.15) is 0 Å². The van der Waals surface area contributed by atoms with Gasteiger partial charge in [0, 0.05) is 12.4 Å². The molecule has 0 saturated heterocycles. The average molecular weight is 230 g/mol. The molecule has 2 aromatic carbocycles. The lowest BCUT2D eigenvalue weighted by Crippen LogP contribution is -2.36. The van der Waals surface area contributed by atoms with Crippen molar-refractivity contribution >= 4 is 16.7 Å². The highest BCUT2D eigenvalue weighted by molar-refractivity contribution is 5.88. The molecule has 0 heterocycles. The molecule has 0 saturated carbocycles. The van der Waals surface area contributed by atoms with E-state index in [0.29, 0.717) is 5.75 Å². The molecule has 17 heavy (non-hydrogen) atoms. The van der Waals surface area contributed by atoms with Crippen LogP contribution in [-0.4, -0.2) is 24.6 Å². The van der Waals surface area contributed by atoms with Gasteiger partial charge in [0.15, 0.2) is 6.61 Å². The molecule has 0 aliphatic carbocycles. The molecule has 0 bridgehead atoms. The summed E-state index contributed by atoms with van der Waals surface area (Å²) in [7, 11) is 1.49. The second-order valence-corrected chi connectivity index (χ2v) is 3.77. The van der Waals surface area contributed by atoms with Crippen LogP contribution in [0.2, 0.25) is 0 Å². The molecule has 4 heteroatoms. The third-order valence-corrected chi connectivity index (χ3v) is 2.49. The van der Waals surface area contributed by atoms with Crippen LogP contribution in [0, 0.1) is 0 Å². The second-order valence-electron chi connectivity index (χ2n) is 3.77. The van der Waals surface area contributed by atoms with E-state index in [1.165, 1.54) is 7.05 Å². The van der Waals surface area contributed by atoms with Crippen molar-refractivity contribution in [2.75, 3.05) is 13.7 Å². The number of rotatable bonds is 3. The number of nitrogens with two attached hydrogens (primary N) is 1. The van der Waals surface area contributed by atoms with Crippen molar-refractivity contribution in [3.63, 3.8) is 0 Å². The first-order valence-electron chi connectivity index (χ1n) is 5.30. The number of amides is 1. The first-order chi connectivity index (χ1) is 8.18. The van der Waals surface area contributed by atoms with Gasteiger partial charge in [0.25, 0.3) is 5.91 Å². The Kier molecular flexibility index (Phi) is 3.25. The lowest BCUT2D eigenvalue weighted by molar-refractivity contribution is -0.132. The maximum Gasteiger partial charge on any atom is 0.274 e. The van der Waals surface area contributed by atoms with E-state index in [9.17, 15) is 4.79 Å². The molecule has 0 atom stereocenters. The molecule has 0 radical (unpaired) electrons. The highest BCUT2D eigenvalue weighted by Gasteiger charge is 2.07. The summed E-state index contributed by atoms with van der Waals surface area (Å²) >= 11 is 0. The number of benzene rings is 2. The number of ether oxygens (including phenoxy) is 1. The van der Waals surface area contributed by atoms with Gasteiger partial charge in [-0.15, -0.1) is 0 Å². The van der Waals surface area contributed by atoms with Gasteiger partial charge in [0.05, 0.1) is 0 Å². The molecule has 0 aliphatic heterocycles. The van der Waals surface area contributed by atoms with E-state index in [4.69, 9.17) is 10.6 Å². The fourth-order valence-electron chi connectivity index (χ4n) is 1.56. The van der Waals surface area contributed by atoms with E-state index in [1.54, 1.807) is 0 Å². The number of nitrogens with zero attached hydrogens (tertiary/aromatic N) is 1. The Morgan fingerprint density at radius 3 is 2.71 bits per heavy atom. The highest BCUT2D eigenvalue weighted by atomic mass is 16.5. The van der Waals surface area contributed by atoms with Crippen molar-refractivity contribution in [2.24, 2.45) is 5.84 Å². The van der Waals surface area contributed by atoms with Crippen LogP contribution in [0.4, 0.5) is 0 Å². The van der Waals surface area contributed by atoms with Gasteiger partial charge >= 0.3 is 0 Å². The predicted octanol–water partition coefficient (Wildman–Crippen LogP) is 1.55. The topological polar surface area (TPSA) is 55.6 Å². The molecule has 0 aliphatic rings. The third-order valence-electron chi connectivity index (χ3n) is 2.49. The van der Waals surface area contributed by atoms with E-state index < -0.39 is 0 Å². The molecule has 1 amide bonds. The van der Waals surface area contributed by atoms with E-state index >= 15 is 0 Å². The van der Waals surface area contributed by atoms with Crippen LogP contribution in [0.1, 0.15) is 0 Å². The SMILES string of the molecule is CN(N)C(=O)COc1cccc2ccccc12. The minimum absolute atomic E-state index is 0.0546. The molecule has 2 aromatic rings. The fraction of sp³-hybridized carbons (Fsp3) is 0.154. The molecule has 0 unspecified atom stereocenters. The minimum atomic E-state index is -0.266. The Morgan fingerprint density at radius 1 is 1.24 bits per heavy atom. The van der Waals surface area contributed by atoms with Crippen molar-refractivity contribution in [1.29, 1.82) is 0 Å². The molecular formula is C13H14N2O2. The van der Waals surface area contributed by atoms with Gasteiger partial charge in [-0.1, -0.05) is 36.4 Å². The van der Waals surface area contributed by atoms with Gasteiger partial charge < -0.3 is 4.74 Å². The zero-order chi connectivity index (χ0) is 12.3. The van der Waals surface area contributed by atoms with Crippen molar-refractivity contribution in [3.05, 3.63) is 42.5 Å². The average Bonchev–Trinajstić information content (AvgIpc) is 2.35. The highest BCUT2D eigenvalue weighted by Crippen LogP contribution is 2.24. The van der Waals surface area contributed by atoms with E-state index in [0.717, 1.165) is 15.8 Å². The van der Waals surface area contributed by atoms with Gasteiger partial charge in [-0.3, -0.25) is 9.80 Å². The molecule has 88 valence electrons. The number of likely N-dealkylation sites (N-methyl/N-ethyl adjacent to an activating group) is 1. The zero-order valence-electron chi connectivity index (χ0n) is 9.59. The predicted molar refractivity (Wildman–Crippen MR) is 66.4 cm³/mol. The summed E-state index contributed by atoms with van der Waals surface area (Å²) in [5.74, 6) is 5.74. The van der Waals surface area contributed by atoms with Gasteiger partial charge in [-0.25, -0.2) is 5.84 Å². The summed E-state index contributed by atoms with van der Waals surface area (Å²) in [5, 5.41) is 3.09. The largest absolute Gasteiger partial charge is 0.483 e. The number of carbonyl (C=O) groups is 1. The first-order valence-corrected chi connectivity index (χ1v) is 5.30. The second kappa shape index (κ2) is 4.84. The number of hydrogen-bond acceptors (Lipinski definition) is 3. The molecule has 4 nitrogen and oxygen atoms in total. The molecule has 2 rings (SSSR count). The van der Waals surface area contributed by atoms with Crippen LogP contribution in [0.3, 0.4) is 0 Å². The smallest absolute Gasteiger partial charge is 0.274 e. The quantitative estimate of drug-likeness (QED) is 0.494. The molecular weight excluding hydrogens is 216 g/mol. The summed E-state index contributed by atoms with van der Waals surface area (Å²) in [5.41, 5.74) is 0. The Bertz CT molecular complexity index is 532. The lowest BCUT2D eigenvalue weighted by Gasteiger charge is -2.12. The van der Waals surface area contributed by atoms with Crippen LogP contribution in [0.25, 0.3) is 10.8 Å². The number of fused-ring (bicyclic) bond motifs is 1. The fourth-order valence-corrected chi connectivity index (χ4v) is 1.56.